The average Bonchev–Trinajstić information content (AvgIpc) is 3.38. The van der Waals surface area contributed by atoms with Crippen molar-refractivity contribution in [3.8, 4) is 16.1 Å². The highest BCUT2D eigenvalue weighted by molar-refractivity contribution is 7.17. The number of anilines is 1. The van der Waals surface area contributed by atoms with Crippen LogP contribution in [0.25, 0.3) is 16.1 Å². The summed E-state index contributed by atoms with van der Waals surface area (Å²) in [7, 11) is 0. The summed E-state index contributed by atoms with van der Waals surface area (Å²) in [5, 5.41) is 14.1. The maximum atomic E-state index is 12.8. The molecule has 6 nitrogen and oxygen atoms in total. The molecule has 1 aliphatic carbocycles. The fourth-order valence-corrected chi connectivity index (χ4v) is 4.55. The average molecular weight is 373 g/mol. The summed E-state index contributed by atoms with van der Waals surface area (Å²) in [6.07, 6.45) is 3.52. The predicted molar refractivity (Wildman–Crippen MR) is 104 cm³/mol. The van der Waals surface area contributed by atoms with Crippen molar-refractivity contribution in [2.75, 3.05) is 5.32 Å². The van der Waals surface area contributed by atoms with E-state index in [1.165, 1.54) is 27.9 Å². The van der Waals surface area contributed by atoms with Crippen molar-refractivity contribution in [2.45, 2.75) is 12.8 Å². The van der Waals surface area contributed by atoms with E-state index in [0.717, 1.165) is 23.4 Å². The molecule has 1 aliphatic rings. The van der Waals surface area contributed by atoms with Crippen molar-refractivity contribution >= 4 is 22.9 Å². The zero-order valence-corrected chi connectivity index (χ0v) is 15.1. The molecule has 7 heteroatoms. The minimum atomic E-state index is -0.0965. The number of fused-ring (bicyclic) bond motifs is 3. The van der Waals surface area contributed by atoms with Crippen LogP contribution >= 0.6 is 11.3 Å². The first-order chi connectivity index (χ1) is 13.3. The van der Waals surface area contributed by atoms with Crippen molar-refractivity contribution in [1.29, 1.82) is 0 Å². The molecule has 1 amide bonds. The minimum Gasteiger partial charge on any atom is -0.321 e. The Bertz CT molecular complexity index is 1130. The summed E-state index contributed by atoms with van der Waals surface area (Å²) >= 11 is 1.56. The SMILES string of the molecule is O=C(Nc1cccc(-n2cnnn2)c1)c1cc2c(s1)-c1ccccc1CC2. The number of thiophene rings is 1. The number of hydrogen-bond acceptors (Lipinski definition) is 5. The van der Waals surface area contributed by atoms with Crippen LogP contribution in [0.2, 0.25) is 0 Å². The summed E-state index contributed by atoms with van der Waals surface area (Å²) in [4.78, 5) is 14.7. The number of nitrogens with zero attached hydrogens (tertiary/aromatic N) is 4. The van der Waals surface area contributed by atoms with E-state index in [0.29, 0.717) is 5.69 Å². The van der Waals surface area contributed by atoms with E-state index in [1.54, 1.807) is 16.0 Å². The van der Waals surface area contributed by atoms with Crippen LogP contribution in [0, 0.1) is 0 Å². The van der Waals surface area contributed by atoms with Crippen LogP contribution in [-0.2, 0) is 12.8 Å². The molecule has 5 rings (SSSR count). The first-order valence-electron chi connectivity index (χ1n) is 8.64. The topological polar surface area (TPSA) is 72.7 Å². The van der Waals surface area contributed by atoms with Gasteiger partial charge >= 0.3 is 0 Å². The van der Waals surface area contributed by atoms with Crippen molar-refractivity contribution in [3.05, 3.63) is 76.9 Å². The number of aromatic nitrogens is 4. The van der Waals surface area contributed by atoms with Gasteiger partial charge in [0.15, 0.2) is 0 Å². The van der Waals surface area contributed by atoms with E-state index in [4.69, 9.17) is 0 Å². The number of amides is 1. The lowest BCUT2D eigenvalue weighted by Gasteiger charge is -2.15. The number of hydrogen-bond donors (Lipinski definition) is 1. The second-order valence-electron chi connectivity index (χ2n) is 6.38. The Balaban J connectivity index is 1.42. The molecule has 0 spiro atoms. The van der Waals surface area contributed by atoms with Gasteiger partial charge in [0, 0.05) is 10.6 Å². The first-order valence-corrected chi connectivity index (χ1v) is 9.45. The first kappa shape index (κ1) is 15.9. The molecule has 0 fully saturated rings. The molecule has 27 heavy (non-hydrogen) atoms. The number of aryl methyl sites for hydroxylation is 2. The lowest BCUT2D eigenvalue weighted by Crippen LogP contribution is -2.10. The maximum Gasteiger partial charge on any atom is 0.265 e. The third-order valence-corrected chi connectivity index (χ3v) is 5.89. The van der Waals surface area contributed by atoms with Crippen LogP contribution in [0.5, 0.6) is 0 Å². The molecular formula is C20H15N5OS. The van der Waals surface area contributed by atoms with Gasteiger partial charge in [-0.25, -0.2) is 4.68 Å². The Kier molecular flexibility index (Phi) is 3.79. The number of nitrogens with one attached hydrogen (secondary N) is 1. The number of carbonyl (C=O) groups excluding carboxylic acids is 1. The van der Waals surface area contributed by atoms with E-state index in [9.17, 15) is 4.79 Å². The third-order valence-electron chi connectivity index (χ3n) is 4.68. The molecule has 132 valence electrons. The largest absolute Gasteiger partial charge is 0.321 e. The minimum absolute atomic E-state index is 0.0965. The summed E-state index contributed by atoms with van der Waals surface area (Å²) in [6.45, 7) is 0. The van der Waals surface area contributed by atoms with Crippen LogP contribution in [0.3, 0.4) is 0 Å². The van der Waals surface area contributed by atoms with Crippen molar-refractivity contribution < 1.29 is 4.79 Å². The molecule has 0 unspecified atom stereocenters. The zero-order valence-electron chi connectivity index (χ0n) is 14.3. The molecule has 2 aromatic carbocycles. The quantitative estimate of drug-likeness (QED) is 0.594. The standard InChI is InChI=1S/C20H15N5OS/c26-20(22-15-5-3-6-16(11-15)25-12-21-23-24-25)18-10-14-9-8-13-4-1-2-7-17(13)19(14)27-18/h1-7,10-12H,8-9H2,(H,22,26). The molecule has 0 atom stereocenters. The Morgan fingerprint density at radius 3 is 2.81 bits per heavy atom. The van der Waals surface area contributed by atoms with Crippen LogP contribution < -0.4 is 5.32 Å². The lowest BCUT2D eigenvalue weighted by molar-refractivity contribution is 0.103. The maximum absolute atomic E-state index is 12.8. The molecule has 4 aromatic rings. The Labute approximate surface area is 159 Å². The second kappa shape index (κ2) is 6.44. The van der Waals surface area contributed by atoms with Gasteiger partial charge in [-0.2, -0.15) is 0 Å². The van der Waals surface area contributed by atoms with Gasteiger partial charge in [0.1, 0.15) is 6.33 Å². The highest BCUT2D eigenvalue weighted by Crippen LogP contribution is 2.39. The third kappa shape index (κ3) is 2.92. The molecular weight excluding hydrogens is 358 g/mol. The molecule has 2 aromatic heterocycles. The van der Waals surface area contributed by atoms with Crippen LogP contribution in [0.4, 0.5) is 5.69 Å². The van der Waals surface area contributed by atoms with Gasteiger partial charge in [0.2, 0.25) is 0 Å². The summed E-state index contributed by atoms with van der Waals surface area (Å²) in [6, 6.07) is 17.9. The lowest BCUT2D eigenvalue weighted by atomic mass is 9.91. The van der Waals surface area contributed by atoms with Crippen LogP contribution in [0.1, 0.15) is 20.8 Å². The molecule has 0 bridgehead atoms. The molecule has 0 saturated heterocycles. The van der Waals surface area contributed by atoms with E-state index in [2.05, 4.69) is 45.1 Å². The van der Waals surface area contributed by atoms with Gasteiger partial charge in [-0.1, -0.05) is 30.3 Å². The zero-order chi connectivity index (χ0) is 18.2. The van der Waals surface area contributed by atoms with Crippen molar-refractivity contribution in [1.82, 2.24) is 20.2 Å². The summed E-state index contributed by atoms with van der Waals surface area (Å²) in [5.41, 5.74) is 5.36. The molecule has 0 aliphatic heterocycles. The fraction of sp³-hybridized carbons (Fsp3) is 0.100. The molecule has 0 radical (unpaired) electrons. The number of tetrazole rings is 1. The van der Waals surface area contributed by atoms with Gasteiger partial charge in [0.25, 0.3) is 5.91 Å². The fourth-order valence-electron chi connectivity index (χ4n) is 3.38. The van der Waals surface area contributed by atoms with E-state index < -0.39 is 0 Å². The highest BCUT2D eigenvalue weighted by atomic mass is 32.1. The van der Waals surface area contributed by atoms with Gasteiger partial charge < -0.3 is 5.32 Å². The van der Waals surface area contributed by atoms with Gasteiger partial charge in [-0.05, 0) is 64.2 Å². The Morgan fingerprint density at radius 2 is 1.93 bits per heavy atom. The summed E-state index contributed by atoms with van der Waals surface area (Å²) < 4.78 is 1.55. The Morgan fingerprint density at radius 1 is 1.04 bits per heavy atom. The Hall–Kier alpha value is -3.32. The van der Waals surface area contributed by atoms with Crippen molar-refractivity contribution in [3.63, 3.8) is 0 Å². The van der Waals surface area contributed by atoms with Crippen LogP contribution in [-0.4, -0.2) is 26.1 Å². The van der Waals surface area contributed by atoms with E-state index >= 15 is 0 Å². The van der Waals surface area contributed by atoms with Gasteiger partial charge in [-0.15, -0.1) is 16.4 Å². The van der Waals surface area contributed by atoms with E-state index in [1.807, 2.05) is 30.3 Å². The predicted octanol–water partition coefficient (Wildman–Crippen LogP) is 3.74. The normalized spacial score (nSPS) is 12.3. The second-order valence-corrected chi connectivity index (χ2v) is 7.43. The molecule has 0 saturated carbocycles. The van der Waals surface area contributed by atoms with Crippen molar-refractivity contribution in [2.24, 2.45) is 0 Å². The monoisotopic (exact) mass is 373 g/mol. The van der Waals surface area contributed by atoms with E-state index in [-0.39, 0.29) is 5.91 Å². The highest BCUT2D eigenvalue weighted by Gasteiger charge is 2.21. The summed E-state index contributed by atoms with van der Waals surface area (Å²) in [5.74, 6) is -0.0965. The molecule has 2 heterocycles. The number of rotatable bonds is 3. The molecule has 1 N–H and O–H groups in total. The van der Waals surface area contributed by atoms with Gasteiger partial charge in [-0.3, -0.25) is 4.79 Å². The van der Waals surface area contributed by atoms with Gasteiger partial charge in [0.05, 0.1) is 10.6 Å². The smallest absolute Gasteiger partial charge is 0.265 e. The van der Waals surface area contributed by atoms with Crippen LogP contribution in [0.15, 0.2) is 60.9 Å². The number of carbonyl (C=O) groups is 1. The number of benzene rings is 2.